The number of thioether (sulfide) groups is 1. The summed E-state index contributed by atoms with van der Waals surface area (Å²) in [5.41, 5.74) is 0. The number of carboxylic acids is 1. The number of fused-ring (bicyclic) bond motifs is 1. The molecule has 0 spiro atoms. The Hall–Kier alpha value is -0.710. The van der Waals surface area contributed by atoms with Crippen LogP contribution in [0.5, 0.6) is 0 Å². The van der Waals surface area contributed by atoms with E-state index in [1.807, 2.05) is 0 Å². The molecule has 0 aliphatic carbocycles. The Labute approximate surface area is 67.6 Å². The number of carbonyl (C=O) groups is 2. The lowest BCUT2D eigenvalue weighted by Gasteiger charge is -2.35. The van der Waals surface area contributed by atoms with Crippen molar-refractivity contribution in [3.05, 3.63) is 0 Å². The summed E-state index contributed by atoms with van der Waals surface area (Å²) < 4.78 is 0. The molecule has 60 valence electrons. The fourth-order valence-corrected chi connectivity index (χ4v) is 2.78. The molecule has 2 rings (SSSR count). The first-order valence-corrected chi connectivity index (χ1v) is 4.40. The van der Waals surface area contributed by atoms with Crippen LogP contribution in [0.2, 0.25) is 0 Å². The van der Waals surface area contributed by atoms with E-state index in [0.29, 0.717) is 12.2 Å². The van der Waals surface area contributed by atoms with Gasteiger partial charge in [0.2, 0.25) is 5.91 Å². The molecule has 2 heterocycles. The van der Waals surface area contributed by atoms with Crippen LogP contribution < -0.4 is 0 Å². The molecule has 2 atom stereocenters. The van der Waals surface area contributed by atoms with Gasteiger partial charge in [0.25, 0.3) is 0 Å². The minimum atomic E-state index is -0.881. The van der Waals surface area contributed by atoms with Gasteiger partial charge in [0.15, 0.2) is 0 Å². The summed E-state index contributed by atoms with van der Waals surface area (Å²) in [5, 5.41) is 8.80. The predicted octanol–water partition coefficient (Wildman–Crippen LogP) is -0.255. The number of hydrogen-bond donors (Lipinski definition) is 1. The van der Waals surface area contributed by atoms with Crippen LogP contribution in [0.3, 0.4) is 0 Å². The molecule has 0 aromatic carbocycles. The molecule has 1 N–H and O–H groups in total. The minimum absolute atomic E-state index is 0.0209. The monoisotopic (exact) mass is 173 g/mol. The van der Waals surface area contributed by atoms with Gasteiger partial charge >= 0.3 is 5.97 Å². The molecule has 2 fully saturated rings. The van der Waals surface area contributed by atoms with E-state index in [1.165, 1.54) is 4.90 Å². The Bertz CT molecular complexity index is 222. The van der Waals surface area contributed by atoms with Crippen LogP contribution in [0.15, 0.2) is 0 Å². The zero-order valence-electron chi connectivity index (χ0n) is 5.69. The SMILES string of the molecule is O=C(O)C1CS[C@H]2CC(=O)N12. The fraction of sp³-hybridized carbons (Fsp3) is 0.667. The van der Waals surface area contributed by atoms with E-state index in [2.05, 4.69) is 0 Å². The van der Waals surface area contributed by atoms with E-state index < -0.39 is 12.0 Å². The lowest BCUT2D eigenvalue weighted by atomic mass is 10.1. The lowest BCUT2D eigenvalue weighted by Crippen LogP contribution is -2.54. The largest absolute Gasteiger partial charge is 0.480 e. The maximum atomic E-state index is 10.9. The van der Waals surface area contributed by atoms with Crippen LogP contribution in [-0.4, -0.2) is 39.1 Å². The van der Waals surface area contributed by atoms with E-state index in [4.69, 9.17) is 5.11 Å². The molecule has 11 heavy (non-hydrogen) atoms. The number of β-lactam (4-membered cyclic amide) rings is 1. The highest BCUT2D eigenvalue weighted by molar-refractivity contribution is 8.00. The Morgan fingerprint density at radius 2 is 2.45 bits per heavy atom. The van der Waals surface area contributed by atoms with Crippen LogP contribution >= 0.6 is 11.8 Å². The predicted molar refractivity (Wildman–Crippen MR) is 39.1 cm³/mol. The van der Waals surface area contributed by atoms with E-state index >= 15 is 0 Å². The highest BCUT2D eigenvalue weighted by atomic mass is 32.2. The van der Waals surface area contributed by atoms with Gasteiger partial charge in [0, 0.05) is 5.75 Å². The zero-order valence-corrected chi connectivity index (χ0v) is 6.50. The van der Waals surface area contributed by atoms with Crippen molar-refractivity contribution in [2.24, 2.45) is 0 Å². The molecule has 2 saturated heterocycles. The van der Waals surface area contributed by atoms with Gasteiger partial charge in [-0.15, -0.1) is 11.8 Å². The maximum absolute atomic E-state index is 10.9. The molecule has 0 aromatic heterocycles. The first kappa shape index (κ1) is 6.97. The third kappa shape index (κ3) is 0.837. The fourth-order valence-electron chi connectivity index (χ4n) is 1.39. The maximum Gasteiger partial charge on any atom is 0.327 e. The van der Waals surface area contributed by atoms with Crippen molar-refractivity contribution in [2.75, 3.05) is 5.75 Å². The number of amides is 1. The second-order valence-electron chi connectivity index (χ2n) is 2.65. The van der Waals surface area contributed by atoms with E-state index in [9.17, 15) is 9.59 Å². The second-order valence-corrected chi connectivity index (χ2v) is 3.86. The van der Waals surface area contributed by atoms with Crippen molar-refractivity contribution >= 4 is 23.6 Å². The molecule has 4 nitrogen and oxygen atoms in total. The number of rotatable bonds is 1. The first-order chi connectivity index (χ1) is 5.20. The van der Waals surface area contributed by atoms with Crippen molar-refractivity contribution in [1.29, 1.82) is 0 Å². The summed E-state index contributed by atoms with van der Waals surface area (Å²) in [6, 6.07) is -0.564. The molecule has 0 saturated carbocycles. The van der Waals surface area contributed by atoms with Crippen LogP contribution in [0, 0.1) is 0 Å². The number of hydrogen-bond acceptors (Lipinski definition) is 3. The third-order valence-corrected chi connectivity index (χ3v) is 3.30. The topological polar surface area (TPSA) is 57.6 Å². The van der Waals surface area contributed by atoms with Gasteiger partial charge < -0.3 is 10.0 Å². The second kappa shape index (κ2) is 2.14. The molecule has 1 amide bonds. The number of aliphatic carboxylic acids is 1. The molecule has 0 radical (unpaired) electrons. The van der Waals surface area contributed by atoms with Gasteiger partial charge in [-0.1, -0.05) is 0 Å². The van der Waals surface area contributed by atoms with Crippen LogP contribution in [-0.2, 0) is 9.59 Å². The quantitative estimate of drug-likeness (QED) is 0.555. The number of carbonyl (C=O) groups excluding carboxylic acids is 1. The molecule has 5 heteroatoms. The van der Waals surface area contributed by atoms with E-state index in [-0.39, 0.29) is 11.3 Å². The molecule has 2 aliphatic rings. The first-order valence-electron chi connectivity index (χ1n) is 3.35. The summed E-state index contributed by atoms with van der Waals surface area (Å²) >= 11 is 1.56. The van der Waals surface area contributed by atoms with Gasteiger partial charge in [0.05, 0.1) is 11.8 Å². The Kier molecular flexibility index (Phi) is 1.35. The van der Waals surface area contributed by atoms with Gasteiger partial charge in [-0.25, -0.2) is 4.79 Å². The average molecular weight is 173 g/mol. The Morgan fingerprint density at radius 1 is 1.73 bits per heavy atom. The van der Waals surface area contributed by atoms with Gasteiger partial charge in [-0.05, 0) is 0 Å². The van der Waals surface area contributed by atoms with Crippen LogP contribution in [0.25, 0.3) is 0 Å². The Morgan fingerprint density at radius 3 is 2.91 bits per heavy atom. The molecular weight excluding hydrogens is 166 g/mol. The Balaban J connectivity index is 2.14. The van der Waals surface area contributed by atoms with Gasteiger partial charge in [-0.3, -0.25) is 4.79 Å². The van der Waals surface area contributed by atoms with Crippen molar-refractivity contribution in [2.45, 2.75) is 17.8 Å². The van der Waals surface area contributed by atoms with E-state index in [1.54, 1.807) is 11.8 Å². The van der Waals surface area contributed by atoms with Crippen molar-refractivity contribution < 1.29 is 14.7 Å². The van der Waals surface area contributed by atoms with E-state index in [0.717, 1.165) is 0 Å². The normalized spacial score (nSPS) is 34.9. The van der Waals surface area contributed by atoms with Crippen molar-refractivity contribution in [3.8, 4) is 0 Å². The summed E-state index contributed by atoms with van der Waals surface area (Å²) in [4.78, 5) is 22.9. The molecule has 0 aromatic rings. The third-order valence-electron chi connectivity index (χ3n) is 2.01. The van der Waals surface area contributed by atoms with Crippen molar-refractivity contribution in [3.63, 3.8) is 0 Å². The smallest absolute Gasteiger partial charge is 0.327 e. The average Bonchev–Trinajstić information content (AvgIpc) is 2.25. The molecule has 2 aliphatic heterocycles. The number of carboxylic acid groups (broad SMARTS) is 1. The molecule has 0 bridgehead atoms. The lowest BCUT2D eigenvalue weighted by molar-refractivity contribution is -0.155. The van der Waals surface area contributed by atoms with Gasteiger partial charge in [0.1, 0.15) is 6.04 Å². The summed E-state index contributed by atoms with van der Waals surface area (Å²) in [6.45, 7) is 0. The highest BCUT2D eigenvalue weighted by Crippen LogP contribution is 2.38. The summed E-state index contributed by atoms with van der Waals surface area (Å²) in [7, 11) is 0. The molecule has 1 unspecified atom stereocenters. The summed E-state index contributed by atoms with van der Waals surface area (Å²) in [5.74, 6) is -0.355. The van der Waals surface area contributed by atoms with Crippen LogP contribution in [0.4, 0.5) is 0 Å². The van der Waals surface area contributed by atoms with Gasteiger partial charge in [-0.2, -0.15) is 0 Å². The zero-order chi connectivity index (χ0) is 8.01. The molecular formula is C6H7NO3S. The standard InChI is InChI=1S/C6H7NO3S/c8-4-1-5-7(4)3(2-11-5)6(9)10/h3,5H,1-2H2,(H,9,10)/t3?,5-/m0/s1. The summed E-state index contributed by atoms with van der Waals surface area (Å²) in [6.07, 6.45) is 0.522. The van der Waals surface area contributed by atoms with Crippen molar-refractivity contribution in [1.82, 2.24) is 4.90 Å². The minimum Gasteiger partial charge on any atom is -0.480 e. The highest BCUT2D eigenvalue weighted by Gasteiger charge is 2.49. The van der Waals surface area contributed by atoms with Crippen LogP contribution in [0.1, 0.15) is 6.42 Å². The number of nitrogens with zero attached hydrogens (tertiary/aromatic N) is 1.